The van der Waals surface area contributed by atoms with Crippen LogP contribution in [-0.2, 0) is 17.6 Å². The minimum atomic E-state index is -0.128. The Balaban J connectivity index is 1.37. The standard InChI is InChI=1S/C29H28N2O5/c1-35-26-13-6-5-10-20(26)30-21-11-7-12-23(32)28(21)24(33)15-14-22-29-25(34)16-19(17-27(29)36-31-22)18-8-3-2-4-9-18/h2-6,8-10,13,19,33H,7,11-12,14-17H2,1H3/b28-24-,30-21?. The predicted octanol–water partition coefficient (Wildman–Crippen LogP) is 5.87. The molecule has 5 rings (SSSR count). The molecule has 2 aliphatic carbocycles. The summed E-state index contributed by atoms with van der Waals surface area (Å²) >= 11 is 0. The Bertz CT molecular complexity index is 1350. The Labute approximate surface area is 209 Å². The average Bonchev–Trinajstić information content (AvgIpc) is 3.32. The molecule has 1 aromatic heterocycles. The van der Waals surface area contributed by atoms with Crippen LogP contribution in [0.4, 0.5) is 5.69 Å². The number of carbonyl (C=O) groups is 2. The van der Waals surface area contributed by atoms with E-state index < -0.39 is 0 Å². The Kier molecular flexibility index (Phi) is 6.80. The lowest BCUT2D eigenvalue weighted by Gasteiger charge is -2.20. The quantitative estimate of drug-likeness (QED) is 0.347. The van der Waals surface area contributed by atoms with Gasteiger partial charge in [0.15, 0.2) is 11.6 Å². The first-order chi connectivity index (χ1) is 17.5. The molecule has 0 radical (unpaired) electrons. The van der Waals surface area contributed by atoms with E-state index in [-0.39, 0.29) is 35.2 Å². The average molecular weight is 485 g/mol. The zero-order valence-corrected chi connectivity index (χ0v) is 20.2. The maximum atomic E-state index is 13.0. The molecule has 1 N–H and O–H groups in total. The van der Waals surface area contributed by atoms with Gasteiger partial charge in [0.2, 0.25) is 0 Å². The molecule has 184 valence electrons. The summed E-state index contributed by atoms with van der Waals surface area (Å²) < 4.78 is 10.9. The van der Waals surface area contributed by atoms with E-state index in [2.05, 4.69) is 10.1 Å². The second-order valence-electron chi connectivity index (χ2n) is 9.20. The maximum Gasteiger partial charge on any atom is 0.168 e. The van der Waals surface area contributed by atoms with Crippen LogP contribution in [0, 0.1) is 0 Å². The van der Waals surface area contributed by atoms with Gasteiger partial charge in [-0.1, -0.05) is 47.6 Å². The number of aromatic nitrogens is 1. The lowest BCUT2D eigenvalue weighted by molar-refractivity contribution is -0.115. The third-order valence-corrected chi connectivity index (χ3v) is 6.86. The molecular formula is C29H28N2O5. The Morgan fingerprint density at radius 1 is 1.06 bits per heavy atom. The predicted molar refractivity (Wildman–Crippen MR) is 135 cm³/mol. The fraction of sp³-hybridized carbons (Fsp3) is 0.310. The molecule has 1 heterocycles. The van der Waals surface area contributed by atoms with E-state index in [4.69, 9.17) is 9.26 Å². The first-order valence-corrected chi connectivity index (χ1v) is 12.3. The van der Waals surface area contributed by atoms with Crippen LogP contribution in [0.2, 0.25) is 0 Å². The number of hydrogen-bond donors (Lipinski definition) is 1. The zero-order chi connectivity index (χ0) is 25.1. The number of rotatable bonds is 6. The monoisotopic (exact) mass is 484 g/mol. The highest BCUT2D eigenvalue weighted by Gasteiger charge is 2.33. The van der Waals surface area contributed by atoms with Crippen molar-refractivity contribution in [2.75, 3.05) is 7.11 Å². The molecule has 0 aliphatic heterocycles. The summed E-state index contributed by atoms with van der Waals surface area (Å²) in [6.07, 6.45) is 3.10. The number of hydrogen-bond acceptors (Lipinski definition) is 7. The number of ketones is 2. The number of aliphatic hydroxyl groups is 1. The summed E-state index contributed by atoms with van der Waals surface area (Å²) in [5.74, 6) is 1.10. The highest BCUT2D eigenvalue weighted by molar-refractivity contribution is 6.24. The molecule has 2 aromatic carbocycles. The van der Waals surface area contributed by atoms with Crippen molar-refractivity contribution in [1.82, 2.24) is 5.16 Å². The van der Waals surface area contributed by atoms with Gasteiger partial charge in [0.25, 0.3) is 0 Å². The van der Waals surface area contributed by atoms with Crippen LogP contribution < -0.4 is 4.74 Å². The Morgan fingerprint density at radius 3 is 2.64 bits per heavy atom. The second-order valence-corrected chi connectivity index (χ2v) is 9.20. The Morgan fingerprint density at radius 2 is 1.83 bits per heavy atom. The van der Waals surface area contributed by atoms with Gasteiger partial charge in [-0.3, -0.25) is 9.59 Å². The zero-order valence-electron chi connectivity index (χ0n) is 20.2. The van der Waals surface area contributed by atoms with Crippen LogP contribution in [0.3, 0.4) is 0 Å². The van der Waals surface area contributed by atoms with Crippen LogP contribution >= 0.6 is 0 Å². The number of carbonyl (C=O) groups excluding carboxylic acids is 2. The summed E-state index contributed by atoms with van der Waals surface area (Å²) in [4.78, 5) is 30.5. The van der Waals surface area contributed by atoms with Crippen LogP contribution in [-0.4, -0.2) is 34.7 Å². The molecule has 3 aromatic rings. The van der Waals surface area contributed by atoms with Gasteiger partial charge >= 0.3 is 0 Å². The minimum absolute atomic E-state index is 0.000614. The van der Waals surface area contributed by atoms with Crippen LogP contribution in [0.15, 0.2) is 75.4 Å². The largest absolute Gasteiger partial charge is 0.511 e. The molecule has 1 atom stereocenters. The first kappa shape index (κ1) is 23.7. The molecule has 0 spiro atoms. The van der Waals surface area contributed by atoms with E-state index in [0.29, 0.717) is 72.7 Å². The number of aryl methyl sites for hydroxylation is 1. The van der Waals surface area contributed by atoms with Gasteiger partial charge in [0.05, 0.1) is 29.7 Å². The van der Waals surface area contributed by atoms with Crippen LogP contribution in [0.25, 0.3) is 0 Å². The van der Waals surface area contributed by atoms with E-state index in [0.717, 1.165) is 5.56 Å². The van der Waals surface area contributed by atoms with Crippen molar-refractivity contribution in [2.45, 2.75) is 50.9 Å². The van der Waals surface area contributed by atoms with Gasteiger partial charge in [-0.15, -0.1) is 0 Å². The number of ether oxygens (including phenoxy) is 1. The van der Waals surface area contributed by atoms with E-state index in [1.165, 1.54) is 0 Å². The lowest BCUT2D eigenvalue weighted by atomic mass is 9.81. The van der Waals surface area contributed by atoms with E-state index in [1.54, 1.807) is 13.2 Å². The van der Waals surface area contributed by atoms with Crippen molar-refractivity contribution in [3.05, 3.63) is 88.5 Å². The lowest BCUT2D eigenvalue weighted by Crippen LogP contribution is -2.21. The number of para-hydroxylation sites is 2. The third kappa shape index (κ3) is 4.73. The smallest absolute Gasteiger partial charge is 0.168 e. The molecule has 1 saturated carbocycles. The van der Waals surface area contributed by atoms with Gasteiger partial charge in [-0.25, -0.2) is 4.99 Å². The molecule has 1 unspecified atom stereocenters. The maximum absolute atomic E-state index is 13.0. The topological polar surface area (TPSA) is 102 Å². The molecule has 0 amide bonds. The van der Waals surface area contributed by atoms with E-state index in [1.807, 2.05) is 48.5 Å². The van der Waals surface area contributed by atoms with Gasteiger partial charge in [0, 0.05) is 32.1 Å². The van der Waals surface area contributed by atoms with Crippen molar-refractivity contribution in [2.24, 2.45) is 4.99 Å². The fourth-order valence-corrected chi connectivity index (χ4v) is 5.07. The van der Waals surface area contributed by atoms with Crippen LogP contribution in [0.1, 0.15) is 65.4 Å². The van der Waals surface area contributed by atoms with Gasteiger partial charge in [-0.05, 0) is 36.5 Å². The molecule has 7 heteroatoms. The molecule has 2 aliphatic rings. The highest BCUT2D eigenvalue weighted by Crippen LogP contribution is 2.35. The van der Waals surface area contributed by atoms with Crippen molar-refractivity contribution in [3.8, 4) is 5.75 Å². The summed E-state index contributed by atoms with van der Waals surface area (Å²) in [7, 11) is 1.57. The van der Waals surface area contributed by atoms with Crippen LogP contribution in [0.5, 0.6) is 5.75 Å². The highest BCUT2D eigenvalue weighted by atomic mass is 16.5. The van der Waals surface area contributed by atoms with E-state index >= 15 is 0 Å². The minimum Gasteiger partial charge on any atom is -0.511 e. The van der Waals surface area contributed by atoms with Gasteiger partial charge < -0.3 is 14.4 Å². The molecular weight excluding hydrogens is 456 g/mol. The van der Waals surface area contributed by atoms with Gasteiger partial charge in [0.1, 0.15) is 23.0 Å². The fourth-order valence-electron chi connectivity index (χ4n) is 5.07. The van der Waals surface area contributed by atoms with Crippen molar-refractivity contribution in [1.29, 1.82) is 0 Å². The number of aliphatic hydroxyl groups excluding tert-OH is 1. The molecule has 0 bridgehead atoms. The van der Waals surface area contributed by atoms with E-state index in [9.17, 15) is 14.7 Å². The number of nitrogens with zero attached hydrogens (tertiary/aromatic N) is 2. The number of fused-ring (bicyclic) bond motifs is 1. The number of aliphatic imine (C=N–C) groups is 1. The SMILES string of the molecule is COc1ccccc1N=C1CCCC(=O)/C1=C(\O)CCc1noc2c1C(=O)CC(c1ccccc1)C2. The van der Waals surface area contributed by atoms with Gasteiger partial charge in [-0.2, -0.15) is 0 Å². The number of benzene rings is 2. The number of Topliss-reactive ketones (excluding diaryl/α,β-unsaturated/α-hetero) is 2. The summed E-state index contributed by atoms with van der Waals surface area (Å²) in [6.45, 7) is 0. The summed E-state index contributed by atoms with van der Waals surface area (Å²) in [5.41, 5.74) is 3.59. The normalized spacial score (nSPS) is 20.4. The summed E-state index contributed by atoms with van der Waals surface area (Å²) in [5, 5.41) is 15.1. The first-order valence-electron chi connectivity index (χ1n) is 12.3. The van der Waals surface area contributed by atoms with Crippen molar-refractivity contribution in [3.63, 3.8) is 0 Å². The number of allylic oxidation sites excluding steroid dienone is 2. The summed E-state index contributed by atoms with van der Waals surface area (Å²) in [6, 6.07) is 17.3. The molecule has 36 heavy (non-hydrogen) atoms. The Hall–Kier alpha value is -4.00. The van der Waals surface area contributed by atoms with Crippen molar-refractivity contribution >= 4 is 23.0 Å². The third-order valence-electron chi connectivity index (χ3n) is 6.86. The number of methoxy groups -OCH3 is 1. The molecule has 7 nitrogen and oxygen atoms in total. The second kappa shape index (κ2) is 10.3. The molecule has 1 fully saturated rings. The van der Waals surface area contributed by atoms with Crippen molar-refractivity contribution < 1.29 is 24.0 Å². The molecule has 0 saturated heterocycles.